The highest BCUT2D eigenvalue weighted by molar-refractivity contribution is 6.02. The monoisotopic (exact) mass is 258 g/mol. The van der Waals surface area contributed by atoms with Crippen LogP contribution in [0.25, 0.3) is 0 Å². The fourth-order valence-electron chi connectivity index (χ4n) is 1.54. The minimum Gasteiger partial charge on any atom is -0.480 e. The van der Waals surface area contributed by atoms with Crippen LogP contribution in [0.15, 0.2) is 0 Å². The van der Waals surface area contributed by atoms with Crippen molar-refractivity contribution < 1.29 is 29.4 Å². The summed E-state index contributed by atoms with van der Waals surface area (Å²) in [7, 11) is 0. The van der Waals surface area contributed by atoms with Crippen molar-refractivity contribution >= 4 is 23.7 Å². The number of hydrogen-bond acceptors (Lipinski definition) is 5. The van der Waals surface area contributed by atoms with Gasteiger partial charge in [0.05, 0.1) is 6.61 Å². The highest BCUT2D eigenvalue weighted by Crippen LogP contribution is 2.11. The van der Waals surface area contributed by atoms with Gasteiger partial charge in [0.2, 0.25) is 17.7 Å². The van der Waals surface area contributed by atoms with Crippen molar-refractivity contribution in [1.29, 1.82) is 0 Å². The fraction of sp³-hybridized carbons (Fsp3) is 0.600. The topological polar surface area (TPSA) is 124 Å². The number of nitrogens with one attached hydrogen (secondary N) is 1. The fourth-order valence-corrected chi connectivity index (χ4v) is 1.54. The number of amides is 3. The first-order valence-corrected chi connectivity index (χ1v) is 5.42. The molecule has 3 amide bonds. The number of imide groups is 1. The second-order valence-corrected chi connectivity index (χ2v) is 3.83. The number of rotatable bonds is 6. The van der Waals surface area contributed by atoms with Crippen molar-refractivity contribution in [1.82, 2.24) is 10.2 Å². The zero-order valence-corrected chi connectivity index (χ0v) is 9.59. The quantitative estimate of drug-likeness (QED) is 0.477. The van der Waals surface area contributed by atoms with E-state index in [9.17, 15) is 19.2 Å². The number of nitrogens with zero attached hydrogens (tertiary/aromatic N) is 1. The maximum Gasteiger partial charge on any atom is 0.328 e. The Kier molecular flexibility index (Phi) is 4.78. The Bertz CT molecular complexity index is 365. The number of carboxylic acids is 1. The molecule has 1 fully saturated rings. The van der Waals surface area contributed by atoms with Gasteiger partial charge in [0, 0.05) is 25.8 Å². The lowest BCUT2D eigenvalue weighted by Gasteiger charge is -2.15. The molecule has 1 atom stereocenters. The van der Waals surface area contributed by atoms with Gasteiger partial charge in [-0.15, -0.1) is 0 Å². The van der Waals surface area contributed by atoms with Gasteiger partial charge in [0.1, 0.15) is 6.04 Å². The number of carboxylic acid groups (broad SMARTS) is 1. The van der Waals surface area contributed by atoms with Crippen LogP contribution in [0.3, 0.4) is 0 Å². The van der Waals surface area contributed by atoms with Gasteiger partial charge >= 0.3 is 5.97 Å². The molecule has 1 rings (SSSR count). The van der Waals surface area contributed by atoms with Gasteiger partial charge in [-0.05, 0) is 0 Å². The molecule has 0 aromatic carbocycles. The minimum absolute atomic E-state index is 0.0682. The van der Waals surface area contributed by atoms with Gasteiger partial charge in [-0.3, -0.25) is 19.3 Å². The molecular formula is C10H14N2O6. The zero-order valence-electron chi connectivity index (χ0n) is 9.59. The maximum atomic E-state index is 11.4. The summed E-state index contributed by atoms with van der Waals surface area (Å²) in [6.45, 7) is -0.788. The number of aliphatic hydroxyl groups is 1. The third kappa shape index (κ3) is 3.52. The largest absolute Gasteiger partial charge is 0.480 e. The molecule has 0 aromatic heterocycles. The van der Waals surface area contributed by atoms with Crippen molar-refractivity contribution in [3.8, 4) is 0 Å². The lowest BCUT2D eigenvalue weighted by Crippen LogP contribution is -2.44. The van der Waals surface area contributed by atoms with Crippen molar-refractivity contribution in [3.05, 3.63) is 0 Å². The summed E-state index contributed by atoms with van der Waals surface area (Å²) in [6, 6.07) is -1.37. The van der Waals surface area contributed by atoms with Crippen LogP contribution in [0.2, 0.25) is 0 Å². The number of carbonyl (C=O) groups excluding carboxylic acids is 3. The molecule has 100 valence electrons. The Morgan fingerprint density at radius 1 is 1.28 bits per heavy atom. The Morgan fingerprint density at radius 2 is 1.83 bits per heavy atom. The first-order chi connectivity index (χ1) is 8.45. The Morgan fingerprint density at radius 3 is 2.28 bits per heavy atom. The van der Waals surface area contributed by atoms with Gasteiger partial charge in [-0.25, -0.2) is 4.79 Å². The lowest BCUT2D eigenvalue weighted by atomic mass is 10.3. The summed E-state index contributed by atoms with van der Waals surface area (Å²) in [4.78, 5) is 45.3. The molecule has 1 aliphatic heterocycles. The van der Waals surface area contributed by atoms with E-state index in [4.69, 9.17) is 10.2 Å². The Balaban J connectivity index is 2.39. The van der Waals surface area contributed by atoms with Crippen molar-refractivity contribution in [2.45, 2.75) is 25.3 Å². The number of hydrogen-bond donors (Lipinski definition) is 3. The summed E-state index contributed by atoms with van der Waals surface area (Å²) in [5.41, 5.74) is 0. The second kappa shape index (κ2) is 6.10. The van der Waals surface area contributed by atoms with E-state index < -0.39 is 24.5 Å². The average molecular weight is 258 g/mol. The molecule has 0 saturated carbocycles. The molecule has 0 aliphatic carbocycles. The third-order valence-electron chi connectivity index (χ3n) is 2.53. The summed E-state index contributed by atoms with van der Waals surface area (Å²) >= 11 is 0. The first kappa shape index (κ1) is 14.1. The first-order valence-electron chi connectivity index (χ1n) is 5.42. The predicted molar refractivity (Wildman–Crippen MR) is 57.2 cm³/mol. The Hall–Kier alpha value is -1.96. The molecule has 1 aliphatic rings. The molecule has 8 nitrogen and oxygen atoms in total. The van der Waals surface area contributed by atoms with Gasteiger partial charge in [0.15, 0.2) is 0 Å². The molecule has 18 heavy (non-hydrogen) atoms. The normalized spacial score (nSPS) is 16.8. The molecule has 0 spiro atoms. The van der Waals surface area contributed by atoms with Gasteiger partial charge in [0.25, 0.3) is 0 Å². The van der Waals surface area contributed by atoms with E-state index in [1.165, 1.54) is 0 Å². The SMILES string of the molecule is O=C(CCN1C(=O)CCC1=O)NC(CO)C(=O)O. The van der Waals surface area contributed by atoms with Gasteiger partial charge in [-0.2, -0.15) is 0 Å². The molecule has 3 N–H and O–H groups in total. The minimum atomic E-state index is -1.37. The van der Waals surface area contributed by atoms with Crippen LogP contribution in [0, 0.1) is 0 Å². The molecule has 8 heteroatoms. The van der Waals surface area contributed by atoms with Crippen LogP contribution in [-0.2, 0) is 19.2 Å². The molecule has 1 heterocycles. The zero-order chi connectivity index (χ0) is 13.7. The summed E-state index contributed by atoms with van der Waals surface area (Å²) < 4.78 is 0. The van der Waals surface area contributed by atoms with Crippen LogP contribution in [0.4, 0.5) is 0 Å². The van der Waals surface area contributed by atoms with E-state index >= 15 is 0 Å². The number of aliphatic carboxylic acids is 1. The highest BCUT2D eigenvalue weighted by Gasteiger charge is 2.29. The van der Waals surface area contributed by atoms with Crippen molar-refractivity contribution in [2.75, 3.05) is 13.2 Å². The second-order valence-electron chi connectivity index (χ2n) is 3.83. The highest BCUT2D eigenvalue weighted by atomic mass is 16.4. The van der Waals surface area contributed by atoms with E-state index in [0.717, 1.165) is 4.90 Å². The van der Waals surface area contributed by atoms with E-state index in [2.05, 4.69) is 5.32 Å². The van der Waals surface area contributed by atoms with Crippen LogP contribution in [-0.4, -0.2) is 58.0 Å². The molecule has 0 bridgehead atoms. The van der Waals surface area contributed by atoms with Crippen LogP contribution >= 0.6 is 0 Å². The van der Waals surface area contributed by atoms with Gasteiger partial charge in [-0.1, -0.05) is 0 Å². The summed E-state index contributed by atoms with van der Waals surface area (Å²) in [5, 5.41) is 19.4. The third-order valence-corrected chi connectivity index (χ3v) is 2.53. The molecule has 1 unspecified atom stereocenters. The van der Waals surface area contributed by atoms with E-state index in [1.54, 1.807) is 0 Å². The number of carbonyl (C=O) groups is 4. The van der Waals surface area contributed by atoms with E-state index in [0.29, 0.717) is 0 Å². The van der Waals surface area contributed by atoms with E-state index in [1.807, 2.05) is 0 Å². The van der Waals surface area contributed by atoms with Crippen LogP contribution in [0.1, 0.15) is 19.3 Å². The predicted octanol–water partition coefficient (Wildman–Crippen LogP) is -1.91. The number of aliphatic hydroxyl groups excluding tert-OH is 1. The van der Waals surface area contributed by atoms with Crippen LogP contribution < -0.4 is 5.32 Å². The van der Waals surface area contributed by atoms with Gasteiger partial charge < -0.3 is 15.5 Å². The average Bonchev–Trinajstić information content (AvgIpc) is 2.63. The number of likely N-dealkylation sites (tertiary alicyclic amines) is 1. The van der Waals surface area contributed by atoms with E-state index in [-0.39, 0.29) is 37.6 Å². The standard InChI is InChI=1S/C10H14N2O6/c13-5-6(10(17)18)11-7(14)3-4-12-8(15)1-2-9(12)16/h6,13H,1-5H2,(H,11,14)(H,17,18). The molecule has 0 radical (unpaired) electrons. The van der Waals surface area contributed by atoms with Crippen LogP contribution in [0.5, 0.6) is 0 Å². The smallest absolute Gasteiger partial charge is 0.328 e. The summed E-state index contributed by atoms with van der Waals surface area (Å²) in [6.07, 6.45) is 0.116. The van der Waals surface area contributed by atoms with Crippen molar-refractivity contribution in [2.24, 2.45) is 0 Å². The molecule has 0 aromatic rings. The molecular weight excluding hydrogens is 244 g/mol. The Labute approximate surface area is 103 Å². The lowest BCUT2D eigenvalue weighted by molar-refractivity contribution is -0.144. The van der Waals surface area contributed by atoms with Crippen molar-refractivity contribution in [3.63, 3.8) is 0 Å². The molecule has 1 saturated heterocycles. The maximum absolute atomic E-state index is 11.4. The summed E-state index contributed by atoms with van der Waals surface area (Å²) in [5.74, 6) is -2.64.